The Balaban J connectivity index is 1.76. The lowest BCUT2D eigenvalue weighted by Crippen LogP contribution is -2.33. The highest BCUT2D eigenvalue weighted by atomic mass is 15.3. The number of aromatic nitrogens is 2. The van der Waals surface area contributed by atoms with E-state index in [-0.39, 0.29) is 17.5 Å². The molecule has 1 aromatic heterocycles. The monoisotopic (exact) mass is 322 g/mol. The standard InChI is InChI=1S/C20H26N4/c1-20(2,3)24-15-16(13-22-24)14-23-11-7-10-19(23)18(12-21)17-8-5-4-6-9-17/h4-6,8-9,13,15,18-19H,7,10-11,14H2,1-3H3. The average molecular weight is 322 g/mol. The predicted molar refractivity (Wildman–Crippen MR) is 95.5 cm³/mol. The Labute approximate surface area is 144 Å². The second-order valence-corrected chi connectivity index (χ2v) is 7.66. The van der Waals surface area contributed by atoms with Crippen LogP contribution in [-0.4, -0.2) is 27.3 Å². The number of hydrogen-bond acceptors (Lipinski definition) is 3. The first kappa shape index (κ1) is 16.7. The first-order valence-corrected chi connectivity index (χ1v) is 8.71. The summed E-state index contributed by atoms with van der Waals surface area (Å²) in [4.78, 5) is 2.45. The zero-order chi connectivity index (χ0) is 17.2. The zero-order valence-electron chi connectivity index (χ0n) is 14.8. The number of likely N-dealkylation sites (tertiary alicyclic amines) is 1. The van der Waals surface area contributed by atoms with Crippen molar-refractivity contribution in [1.82, 2.24) is 14.7 Å². The van der Waals surface area contributed by atoms with Crippen molar-refractivity contribution in [1.29, 1.82) is 5.26 Å². The third kappa shape index (κ3) is 3.52. The molecule has 1 aliphatic heterocycles. The molecule has 1 aromatic carbocycles. The van der Waals surface area contributed by atoms with E-state index in [1.807, 2.05) is 29.1 Å². The van der Waals surface area contributed by atoms with Crippen LogP contribution in [0.3, 0.4) is 0 Å². The van der Waals surface area contributed by atoms with Crippen LogP contribution < -0.4 is 0 Å². The van der Waals surface area contributed by atoms with Crippen molar-refractivity contribution in [3.8, 4) is 6.07 Å². The number of hydrogen-bond donors (Lipinski definition) is 0. The van der Waals surface area contributed by atoms with Gasteiger partial charge >= 0.3 is 0 Å². The van der Waals surface area contributed by atoms with Crippen molar-refractivity contribution in [3.05, 3.63) is 53.9 Å². The Kier molecular flexibility index (Phi) is 4.73. The van der Waals surface area contributed by atoms with Gasteiger partial charge in [0.15, 0.2) is 0 Å². The second-order valence-electron chi connectivity index (χ2n) is 7.66. The van der Waals surface area contributed by atoms with Crippen molar-refractivity contribution >= 4 is 0 Å². The van der Waals surface area contributed by atoms with Crippen molar-refractivity contribution in [2.45, 2.75) is 57.7 Å². The van der Waals surface area contributed by atoms with Gasteiger partial charge < -0.3 is 0 Å². The molecule has 1 fully saturated rings. The summed E-state index contributed by atoms with van der Waals surface area (Å²) in [6.07, 6.45) is 6.34. The lowest BCUT2D eigenvalue weighted by molar-refractivity contribution is 0.231. The van der Waals surface area contributed by atoms with E-state index in [0.717, 1.165) is 31.5 Å². The number of nitriles is 1. The maximum Gasteiger partial charge on any atom is 0.0868 e. The number of benzene rings is 1. The average Bonchev–Trinajstić information content (AvgIpc) is 3.20. The largest absolute Gasteiger partial charge is 0.294 e. The van der Waals surface area contributed by atoms with E-state index >= 15 is 0 Å². The fourth-order valence-corrected chi connectivity index (χ4v) is 3.51. The van der Waals surface area contributed by atoms with E-state index in [0.29, 0.717) is 0 Å². The van der Waals surface area contributed by atoms with E-state index in [1.54, 1.807) is 0 Å². The Morgan fingerprint density at radius 3 is 2.67 bits per heavy atom. The van der Waals surface area contributed by atoms with Crippen LogP contribution in [0, 0.1) is 11.3 Å². The van der Waals surface area contributed by atoms with Gasteiger partial charge in [0.1, 0.15) is 0 Å². The molecule has 2 atom stereocenters. The van der Waals surface area contributed by atoms with Gasteiger partial charge in [0.2, 0.25) is 0 Å². The van der Waals surface area contributed by atoms with Crippen molar-refractivity contribution in [2.24, 2.45) is 0 Å². The first-order valence-electron chi connectivity index (χ1n) is 8.71. The fourth-order valence-electron chi connectivity index (χ4n) is 3.51. The van der Waals surface area contributed by atoms with E-state index in [9.17, 15) is 5.26 Å². The molecule has 1 saturated heterocycles. The summed E-state index contributed by atoms with van der Waals surface area (Å²) in [6, 6.07) is 13.0. The van der Waals surface area contributed by atoms with Crippen LogP contribution in [0.2, 0.25) is 0 Å². The highest BCUT2D eigenvalue weighted by Crippen LogP contribution is 2.32. The molecule has 24 heavy (non-hydrogen) atoms. The molecule has 0 radical (unpaired) electrons. The molecule has 2 unspecified atom stereocenters. The molecule has 2 aromatic rings. The van der Waals surface area contributed by atoms with E-state index in [4.69, 9.17) is 0 Å². The molecule has 0 aliphatic carbocycles. The summed E-state index contributed by atoms with van der Waals surface area (Å²) in [5, 5.41) is 14.2. The van der Waals surface area contributed by atoms with Gasteiger partial charge in [-0.15, -0.1) is 0 Å². The number of rotatable bonds is 4. The molecule has 3 rings (SSSR count). The molecule has 126 valence electrons. The van der Waals surface area contributed by atoms with Crippen molar-refractivity contribution in [2.75, 3.05) is 6.54 Å². The SMILES string of the molecule is CC(C)(C)n1cc(CN2CCCC2C(C#N)c2ccccc2)cn1. The minimum atomic E-state index is -0.0636. The first-order chi connectivity index (χ1) is 11.5. The van der Waals surface area contributed by atoms with Gasteiger partial charge in [0, 0.05) is 24.3 Å². The van der Waals surface area contributed by atoms with E-state index in [1.165, 1.54) is 5.56 Å². The second kappa shape index (κ2) is 6.78. The molecule has 4 nitrogen and oxygen atoms in total. The minimum absolute atomic E-state index is 0.00187. The van der Waals surface area contributed by atoms with E-state index < -0.39 is 0 Å². The van der Waals surface area contributed by atoms with Crippen LogP contribution in [0.1, 0.15) is 50.7 Å². The molecule has 0 spiro atoms. The summed E-state index contributed by atoms with van der Waals surface area (Å²) in [5.41, 5.74) is 2.35. The van der Waals surface area contributed by atoms with Gasteiger partial charge in [-0.25, -0.2) is 0 Å². The van der Waals surface area contributed by atoms with E-state index in [2.05, 4.69) is 55.2 Å². The molecule has 2 heterocycles. The van der Waals surface area contributed by atoms with Crippen molar-refractivity contribution < 1.29 is 0 Å². The molecule has 1 aliphatic rings. The summed E-state index contributed by atoms with van der Waals surface area (Å²) in [5.74, 6) is -0.0636. The summed E-state index contributed by atoms with van der Waals surface area (Å²) in [6.45, 7) is 8.39. The highest BCUT2D eigenvalue weighted by Gasteiger charge is 2.33. The maximum absolute atomic E-state index is 9.74. The third-order valence-corrected chi connectivity index (χ3v) is 4.81. The molecule has 0 saturated carbocycles. The lowest BCUT2D eigenvalue weighted by Gasteiger charge is -2.28. The molecule has 0 N–H and O–H groups in total. The molecule has 0 amide bonds. The quantitative estimate of drug-likeness (QED) is 0.857. The topological polar surface area (TPSA) is 44.9 Å². The van der Waals surface area contributed by atoms with Gasteiger partial charge in [0.05, 0.1) is 23.7 Å². The van der Waals surface area contributed by atoms with Crippen LogP contribution in [0.15, 0.2) is 42.7 Å². The Hall–Kier alpha value is -2.12. The minimum Gasteiger partial charge on any atom is -0.294 e. The maximum atomic E-state index is 9.74. The Morgan fingerprint density at radius 2 is 2.04 bits per heavy atom. The Bertz CT molecular complexity index is 705. The van der Waals surface area contributed by atoms with Crippen LogP contribution in [0.4, 0.5) is 0 Å². The number of nitrogens with zero attached hydrogens (tertiary/aromatic N) is 4. The molecular weight excluding hydrogens is 296 g/mol. The van der Waals surface area contributed by atoms with Crippen LogP contribution >= 0.6 is 0 Å². The fraction of sp³-hybridized carbons (Fsp3) is 0.500. The predicted octanol–water partition coefficient (Wildman–Crippen LogP) is 3.91. The van der Waals surface area contributed by atoms with Gasteiger partial charge in [-0.2, -0.15) is 10.4 Å². The molecular formula is C20H26N4. The summed E-state index contributed by atoms with van der Waals surface area (Å²) < 4.78 is 2.02. The van der Waals surface area contributed by atoms with Gasteiger partial charge in [-0.05, 0) is 45.7 Å². The molecule has 4 heteroatoms. The van der Waals surface area contributed by atoms with Crippen LogP contribution in [0.5, 0.6) is 0 Å². The smallest absolute Gasteiger partial charge is 0.0868 e. The lowest BCUT2D eigenvalue weighted by atomic mass is 9.91. The van der Waals surface area contributed by atoms with Crippen LogP contribution in [0.25, 0.3) is 0 Å². The highest BCUT2D eigenvalue weighted by molar-refractivity contribution is 5.27. The van der Waals surface area contributed by atoms with Gasteiger partial charge in [0.25, 0.3) is 0 Å². The van der Waals surface area contributed by atoms with Gasteiger partial charge in [-0.1, -0.05) is 30.3 Å². The Morgan fingerprint density at radius 1 is 1.29 bits per heavy atom. The molecule has 0 bridgehead atoms. The zero-order valence-corrected chi connectivity index (χ0v) is 14.8. The third-order valence-electron chi connectivity index (χ3n) is 4.81. The van der Waals surface area contributed by atoms with Crippen molar-refractivity contribution in [3.63, 3.8) is 0 Å². The van der Waals surface area contributed by atoms with Gasteiger partial charge in [-0.3, -0.25) is 9.58 Å². The normalized spacial score (nSPS) is 20.0. The van der Waals surface area contributed by atoms with Crippen LogP contribution in [-0.2, 0) is 12.1 Å². The summed E-state index contributed by atoms with van der Waals surface area (Å²) in [7, 11) is 0. The summed E-state index contributed by atoms with van der Waals surface area (Å²) >= 11 is 0.